The molecule has 1 aliphatic rings. The third kappa shape index (κ3) is 3.94. The van der Waals surface area contributed by atoms with Crippen molar-refractivity contribution in [3.8, 4) is 5.69 Å². The van der Waals surface area contributed by atoms with Crippen molar-refractivity contribution in [2.24, 2.45) is 9.98 Å². The van der Waals surface area contributed by atoms with Crippen LogP contribution >= 0.6 is 0 Å². The number of rotatable bonds is 4. The van der Waals surface area contributed by atoms with Crippen LogP contribution in [0.15, 0.2) is 160 Å². The molecule has 44 heavy (non-hydrogen) atoms. The molecule has 0 fully saturated rings. The molecule has 5 heteroatoms. The molecule has 208 valence electrons. The first-order chi connectivity index (χ1) is 21.8. The number of furan rings is 1. The molecule has 0 saturated heterocycles. The summed E-state index contributed by atoms with van der Waals surface area (Å²) in [5.41, 5.74) is 8.18. The Kier molecular flexibility index (Phi) is 5.50. The summed E-state index contributed by atoms with van der Waals surface area (Å²) in [7, 11) is 0. The second-order valence-corrected chi connectivity index (χ2v) is 11.1. The fourth-order valence-corrected chi connectivity index (χ4v) is 6.38. The highest BCUT2D eigenvalue weighted by atomic mass is 16.3. The lowest BCUT2D eigenvalue weighted by Gasteiger charge is -2.23. The van der Waals surface area contributed by atoms with Crippen molar-refractivity contribution in [2.75, 3.05) is 0 Å². The third-order valence-electron chi connectivity index (χ3n) is 8.44. The standard InChI is InChI=1S/C39H26N4O/c1-3-12-25(13-4-1)37-40-38(26-14-5-2-6-15-26)42-39(41-37)27-16-11-17-28(22-27)43-33-20-9-7-18-29(33)31-24-36-32(23-34(31)43)30-19-8-10-21-35(30)44-36/h1-24,37H,(H,40,41,42). The zero-order chi connectivity index (χ0) is 29.0. The molecule has 0 radical (unpaired) electrons. The number of fused-ring (bicyclic) bond motifs is 6. The fraction of sp³-hybridized carbons (Fsp3) is 0.0256. The SMILES string of the molecule is c1ccc(C2=NC(c3cccc(-n4c5ccccc5c5cc6oc7ccccc7c6cc54)c3)=NC(c3ccccc3)N2)cc1. The van der Waals surface area contributed by atoms with Crippen molar-refractivity contribution in [1.82, 2.24) is 9.88 Å². The van der Waals surface area contributed by atoms with E-state index in [0.717, 1.165) is 66.6 Å². The van der Waals surface area contributed by atoms with Gasteiger partial charge in [-0.25, -0.2) is 9.98 Å². The van der Waals surface area contributed by atoms with Crippen LogP contribution in [0.1, 0.15) is 22.9 Å². The number of benzene rings is 6. The maximum absolute atomic E-state index is 6.27. The largest absolute Gasteiger partial charge is 0.456 e. The molecule has 3 heterocycles. The Morgan fingerprint density at radius 2 is 1.27 bits per heavy atom. The molecular weight excluding hydrogens is 540 g/mol. The van der Waals surface area contributed by atoms with E-state index in [2.05, 4.69) is 107 Å². The normalized spacial score (nSPS) is 15.0. The predicted octanol–water partition coefficient (Wildman–Crippen LogP) is 9.18. The van der Waals surface area contributed by atoms with Crippen molar-refractivity contribution < 1.29 is 4.42 Å². The summed E-state index contributed by atoms with van der Waals surface area (Å²) in [5.74, 6) is 1.50. The molecule has 8 aromatic rings. The number of para-hydroxylation sites is 2. The van der Waals surface area contributed by atoms with Crippen LogP contribution < -0.4 is 5.32 Å². The van der Waals surface area contributed by atoms with Crippen molar-refractivity contribution in [3.63, 3.8) is 0 Å². The van der Waals surface area contributed by atoms with Gasteiger partial charge in [-0.15, -0.1) is 0 Å². The average molecular weight is 567 g/mol. The van der Waals surface area contributed by atoms with Crippen LogP contribution in [0.4, 0.5) is 0 Å². The Bertz CT molecular complexity index is 2420. The maximum atomic E-state index is 6.27. The Hall–Kier alpha value is -5.94. The van der Waals surface area contributed by atoms with Crippen LogP contribution in [0.25, 0.3) is 49.4 Å². The molecule has 1 atom stereocenters. The number of hydrogen-bond acceptors (Lipinski definition) is 4. The molecule has 1 aliphatic heterocycles. The first-order valence-electron chi connectivity index (χ1n) is 14.8. The summed E-state index contributed by atoms with van der Waals surface area (Å²) in [5, 5.41) is 8.12. The molecule has 0 bridgehead atoms. The summed E-state index contributed by atoms with van der Waals surface area (Å²) >= 11 is 0. The molecule has 1 unspecified atom stereocenters. The first kappa shape index (κ1) is 24.6. The number of hydrogen-bond donors (Lipinski definition) is 1. The smallest absolute Gasteiger partial charge is 0.159 e. The van der Waals surface area contributed by atoms with Crippen molar-refractivity contribution >= 4 is 55.4 Å². The monoisotopic (exact) mass is 566 g/mol. The Labute approximate surface area is 253 Å². The van der Waals surface area contributed by atoms with Crippen LogP contribution in [0.2, 0.25) is 0 Å². The van der Waals surface area contributed by atoms with Crippen molar-refractivity contribution in [1.29, 1.82) is 0 Å². The van der Waals surface area contributed by atoms with E-state index < -0.39 is 0 Å². The second-order valence-electron chi connectivity index (χ2n) is 11.1. The summed E-state index contributed by atoms with van der Waals surface area (Å²) in [6, 6.07) is 50.3. The molecule has 0 saturated carbocycles. The number of amidine groups is 2. The molecule has 2 aromatic heterocycles. The van der Waals surface area contributed by atoms with Crippen LogP contribution in [-0.4, -0.2) is 16.2 Å². The Morgan fingerprint density at radius 3 is 2.14 bits per heavy atom. The van der Waals surface area contributed by atoms with E-state index in [4.69, 9.17) is 14.4 Å². The van der Waals surface area contributed by atoms with Gasteiger partial charge in [0.2, 0.25) is 0 Å². The topological polar surface area (TPSA) is 54.8 Å². The van der Waals surface area contributed by atoms with Gasteiger partial charge in [0.25, 0.3) is 0 Å². The molecule has 0 amide bonds. The van der Waals surface area contributed by atoms with Gasteiger partial charge >= 0.3 is 0 Å². The van der Waals surface area contributed by atoms with Gasteiger partial charge in [0.05, 0.1) is 11.0 Å². The molecule has 0 aliphatic carbocycles. The van der Waals surface area contributed by atoms with E-state index in [9.17, 15) is 0 Å². The van der Waals surface area contributed by atoms with E-state index >= 15 is 0 Å². The highest BCUT2D eigenvalue weighted by Gasteiger charge is 2.22. The van der Waals surface area contributed by atoms with Crippen LogP contribution in [0.3, 0.4) is 0 Å². The molecular formula is C39H26N4O. The summed E-state index contributed by atoms with van der Waals surface area (Å²) < 4.78 is 8.61. The molecule has 1 N–H and O–H groups in total. The van der Waals surface area contributed by atoms with Crippen molar-refractivity contribution in [2.45, 2.75) is 6.17 Å². The fourth-order valence-electron chi connectivity index (χ4n) is 6.38. The lowest BCUT2D eigenvalue weighted by molar-refractivity contribution is 0.669. The number of aliphatic imine (C=N–C) groups is 2. The minimum atomic E-state index is -0.251. The van der Waals surface area contributed by atoms with Gasteiger partial charge in [0.15, 0.2) is 5.84 Å². The van der Waals surface area contributed by atoms with E-state index in [1.165, 1.54) is 5.39 Å². The highest BCUT2D eigenvalue weighted by Crippen LogP contribution is 2.38. The Balaban J connectivity index is 1.25. The maximum Gasteiger partial charge on any atom is 0.159 e. The van der Waals surface area contributed by atoms with Crippen LogP contribution in [0.5, 0.6) is 0 Å². The van der Waals surface area contributed by atoms with Gasteiger partial charge in [0.1, 0.15) is 23.2 Å². The zero-order valence-electron chi connectivity index (χ0n) is 23.7. The van der Waals surface area contributed by atoms with Gasteiger partial charge in [-0.05, 0) is 42.0 Å². The van der Waals surface area contributed by atoms with Gasteiger partial charge < -0.3 is 14.3 Å². The van der Waals surface area contributed by atoms with E-state index in [-0.39, 0.29) is 6.17 Å². The molecule has 0 spiro atoms. The van der Waals surface area contributed by atoms with Gasteiger partial charge in [-0.2, -0.15) is 0 Å². The quantitative estimate of drug-likeness (QED) is 0.231. The highest BCUT2D eigenvalue weighted by molar-refractivity contribution is 6.17. The summed E-state index contributed by atoms with van der Waals surface area (Å²) in [4.78, 5) is 10.2. The molecule has 9 rings (SSSR count). The predicted molar refractivity (Wildman–Crippen MR) is 180 cm³/mol. The molecule has 5 nitrogen and oxygen atoms in total. The Morgan fingerprint density at radius 1 is 0.545 bits per heavy atom. The van der Waals surface area contributed by atoms with E-state index in [1.54, 1.807) is 0 Å². The summed E-state index contributed by atoms with van der Waals surface area (Å²) in [6.07, 6.45) is -0.251. The zero-order valence-corrected chi connectivity index (χ0v) is 23.7. The van der Waals surface area contributed by atoms with Gasteiger partial charge in [-0.1, -0.05) is 109 Å². The molecule has 6 aromatic carbocycles. The number of nitrogens with one attached hydrogen (secondary N) is 1. The minimum Gasteiger partial charge on any atom is -0.456 e. The van der Waals surface area contributed by atoms with E-state index in [0.29, 0.717) is 5.84 Å². The summed E-state index contributed by atoms with van der Waals surface area (Å²) in [6.45, 7) is 0. The van der Waals surface area contributed by atoms with Crippen LogP contribution in [-0.2, 0) is 0 Å². The van der Waals surface area contributed by atoms with Gasteiger partial charge in [-0.3, -0.25) is 0 Å². The van der Waals surface area contributed by atoms with E-state index in [1.807, 2.05) is 48.5 Å². The average Bonchev–Trinajstić information content (AvgIpc) is 3.62. The van der Waals surface area contributed by atoms with Gasteiger partial charge in [0, 0.05) is 38.4 Å². The van der Waals surface area contributed by atoms with Crippen molar-refractivity contribution in [3.05, 3.63) is 162 Å². The van der Waals surface area contributed by atoms with Crippen LogP contribution in [0, 0.1) is 0 Å². The lowest BCUT2D eigenvalue weighted by atomic mass is 10.1. The first-order valence-corrected chi connectivity index (χ1v) is 14.8. The number of aromatic nitrogens is 1. The second kappa shape index (κ2) is 9.82. The minimum absolute atomic E-state index is 0.251. The number of nitrogens with zero attached hydrogens (tertiary/aromatic N) is 3. The lowest BCUT2D eigenvalue weighted by Crippen LogP contribution is -2.33. The third-order valence-corrected chi connectivity index (χ3v) is 8.44.